The molecule has 0 radical (unpaired) electrons. The van der Waals surface area contributed by atoms with E-state index in [2.05, 4.69) is 0 Å². The number of rotatable bonds is 2. The van der Waals surface area contributed by atoms with Crippen LogP contribution in [-0.2, 0) is 0 Å². The van der Waals surface area contributed by atoms with E-state index in [1.807, 2.05) is 18.2 Å². The highest BCUT2D eigenvalue weighted by molar-refractivity contribution is 7.16. The molecule has 0 aliphatic carbocycles. The van der Waals surface area contributed by atoms with Crippen LogP contribution in [-0.4, -0.2) is 0 Å². The maximum atomic E-state index is 6.16. The predicted octanol–water partition coefficient (Wildman–Crippen LogP) is 5.50. The first-order valence-electron chi connectivity index (χ1n) is 5.44. The van der Waals surface area contributed by atoms with Gasteiger partial charge >= 0.3 is 0 Å². The molecule has 2 nitrogen and oxygen atoms in total. The van der Waals surface area contributed by atoms with Crippen LogP contribution in [0.1, 0.15) is 16.7 Å². The van der Waals surface area contributed by atoms with E-state index in [9.17, 15) is 0 Å². The van der Waals surface area contributed by atoms with Crippen molar-refractivity contribution in [1.82, 2.24) is 0 Å². The molecule has 0 fully saturated rings. The average Bonchev–Trinajstić information content (AvgIpc) is 2.94. The summed E-state index contributed by atoms with van der Waals surface area (Å²) >= 11 is 19.4. The van der Waals surface area contributed by atoms with Gasteiger partial charge in [0.05, 0.1) is 15.4 Å². The fraction of sp³-hybridized carbons (Fsp3) is 0.0769. The fourth-order valence-corrected chi connectivity index (χ4v) is 3.50. The third-order valence-electron chi connectivity index (χ3n) is 2.76. The van der Waals surface area contributed by atoms with Crippen LogP contribution < -0.4 is 5.73 Å². The Balaban J connectivity index is 2.08. The summed E-state index contributed by atoms with van der Waals surface area (Å²) in [4.78, 5) is 0.936. The Morgan fingerprint density at radius 2 is 1.89 bits per heavy atom. The molecule has 3 rings (SSSR count). The molecule has 0 amide bonds. The molecule has 1 atom stereocenters. The van der Waals surface area contributed by atoms with Crippen molar-refractivity contribution in [1.29, 1.82) is 0 Å². The van der Waals surface area contributed by atoms with Gasteiger partial charge in [-0.1, -0.05) is 34.8 Å². The van der Waals surface area contributed by atoms with E-state index in [4.69, 9.17) is 45.0 Å². The van der Waals surface area contributed by atoms with E-state index in [1.165, 1.54) is 11.3 Å². The zero-order valence-corrected chi connectivity index (χ0v) is 12.6. The topological polar surface area (TPSA) is 39.2 Å². The van der Waals surface area contributed by atoms with Crippen LogP contribution in [0.3, 0.4) is 0 Å². The maximum absolute atomic E-state index is 6.16. The highest BCUT2D eigenvalue weighted by Crippen LogP contribution is 2.35. The summed E-state index contributed by atoms with van der Waals surface area (Å²) in [6.07, 6.45) is 0. The Hall–Kier alpha value is -0.710. The van der Waals surface area contributed by atoms with Crippen molar-refractivity contribution >= 4 is 57.1 Å². The monoisotopic (exact) mass is 331 g/mol. The van der Waals surface area contributed by atoms with Gasteiger partial charge in [-0.15, -0.1) is 11.3 Å². The Bertz CT molecular complexity index is 750. The lowest BCUT2D eigenvalue weighted by Crippen LogP contribution is -2.08. The molecule has 0 saturated heterocycles. The molecule has 6 heteroatoms. The zero-order valence-electron chi connectivity index (χ0n) is 9.49. The van der Waals surface area contributed by atoms with E-state index >= 15 is 0 Å². The summed E-state index contributed by atoms with van der Waals surface area (Å²) in [5, 5.41) is 1.88. The van der Waals surface area contributed by atoms with Crippen molar-refractivity contribution in [3.05, 3.63) is 55.4 Å². The normalized spacial score (nSPS) is 13.1. The summed E-state index contributed by atoms with van der Waals surface area (Å²) in [6.45, 7) is 0. The molecule has 2 N–H and O–H groups in total. The summed E-state index contributed by atoms with van der Waals surface area (Å²) in [6, 6.07) is 8.63. The van der Waals surface area contributed by atoms with Crippen LogP contribution in [0.2, 0.25) is 14.4 Å². The van der Waals surface area contributed by atoms with E-state index in [-0.39, 0.29) is 6.04 Å². The van der Waals surface area contributed by atoms with Crippen LogP contribution in [0.15, 0.2) is 34.7 Å². The van der Waals surface area contributed by atoms with Crippen molar-refractivity contribution in [2.24, 2.45) is 5.73 Å². The minimum atomic E-state index is -0.361. The number of thiophene rings is 1. The molecule has 0 spiro atoms. The van der Waals surface area contributed by atoms with Gasteiger partial charge in [-0.2, -0.15) is 0 Å². The Kier molecular flexibility index (Phi) is 3.50. The SMILES string of the molecule is NC(c1cc2cc(Cl)cc(Cl)c2o1)c1ccc(Cl)s1. The second-order valence-electron chi connectivity index (χ2n) is 4.07. The predicted molar refractivity (Wildman–Crippen MR) is 81.6 cm³/mol. The molecule has 0 saturated carbocycles. The lowest BCUT2D eigenvalue weighted by Gasteiger charge is -2.04. The number of nitrogens with two attached hydrogens (primary N) is 1. The van der Waals surface area contributed by atoms with Crippen molar-refractivity contribution < 1.29 is 4.42 Å². The first-order valence-corrected chi connectivity index (χ1v) is 7.39. The van der Waals surface area contributed by atoms with Gasteiger partial charge in [0, 0.05) is 15.3 Å². The van der Waals surface area contributed by atoms with E-state index in [0.29, 0.717) is 25.7 Å². The van der Waals surface area contributed by atoms with Crippen molar-refractivity contribution in [2.45, 2.75) is 6.04 Å². The minimum absolute atomic E-state index is 0.361. The fourth-order valence-electron chi connectivity index (χ4n) is 1.88. The largest absolute Gasteiger partial charge is 0.457 e. The summed E-state index contributed by atoms with van der Waals surface area (Å²) in [7, 11) is 0. The molecule has 19 heavy (non-hydrogen) atoms. The third-order valence-corrected chi connectivity index (χ3v) is 4.58. The van der Waals surface area contributed by atoms with Crippen molar-refractivity contribution in [3.8, 4) is 0 Å². The average molecular weight is 333 g/mol. The summed E-state index contributed by atoms with van der Waals surface area (Å²) in [5.74, 6) is 0.637. The molecular weight excluding hydrogens is 325 g/mol. The molecule has 2 aromatic heterocycles. The quantitative estimate of drug-likeness (QED) is 0.672. The van der Waals surface area contributed by atoms with Gasteiger partial charge in [-0.05, 0) is 30.3 Å². The molecule has 2 heterocycles. The zero-order chi connectivity index (χ0) is 13.6. The second kappa shape index (κ2) is 5.00. The molecule has 0 aliphatic rings. The molecule has 3 aromatic rings. The van der Waals surface area contributed by atoms with Crippen LogP contribution in [0.5, 0.6) is 0 Å². The number of hydrogen-bond donors (Lipinski definition) is 1. The number of furan rings is 1. The van der Waals surface area contributed by atoms with E-state index in [0.717, 1.165) is 10.3 Å². The summed E-state index contributed by atoms with van der Waals surface area (Å²) in [5.41, 5.74) is 6.76. The Labute approximate surface area is 128 Å². The number of benzene rings is 1. The van der Waals surface area contributed by atoms with Crippen LogP contribution in [0, 0.1) is 0 Å². The summed E-state index contributed by atoms with van der Waals surface area (Å²) < 4.78 is 6.42. The standard InChI is InChI=1S/C13H8Cl3NOS/c14-7-3-6-4-9(18-13(6)8(15)5-7)12(17)10-1-2-11(16)19-10/h1-5,12H,17H2. The first kappa shape index (κ1) is 13.3. The van der Waals surface area contributed by atoms with Gasteiger partial charge in [0.2, 0.25) is 0 Å². The number of halogens is 3. The molecule has 1 aromatic carbocycles. The van der Waals surface area contributed by atoms with Crippen LogP contribution in [0.4, 0.5) is 0 Å². The Morgan fingerprint density at radius 3 is 2.58 bits per heavy atom. The van der Waals surface area contributed by atoms with Crippen molar-refractivity contribution in [2.75, 3.05) is 0 Å². The highest BCUT2D eigenvalue weighted by Gasteiger charge is 2.17. The first-order chi connectivity index (χ1) is 9.04. The third kappa shape index (κ3) is 2.49. The lowest BCUT2D eigenvalue weighted by atomic mass is 10.2. The van der Waals surface area contributed by atoms with Gasteiger partial charge in [-0.3, -0.25) is 0 Å². The second-order valence-corrected chi connectivity index (χ2v) is 6.66. The van der Waals surface area contributed by atoms with Gasteiger partial charge in [0.15, 0.2) is 5.58 Å². The molecule has 0 aliphatic heterocycles. The molecular formula is C13H8Cl3NOS. The van der Waals surface area contributed by atoms with Crippen molar-refractivity contribution in [3.63, 3.8) is 0 Å². The van der Waals surface area contributed by atoms with Gasteiger partial charge in [-0.25, -0.2) is 0 Å². The van der Waals surface area contributed by atoms with Crippen LogP contribution in [0.25, 0.3) is 11.0 Å². The minimum Gasteiger partial charge on any atom is -0.457 e. The van der Waals surface area contributed by atoms with Gasteiger partial charge in [0.1, 0.15) is 5.76 Å². The van der Waals surface area contributed by atoms with E-state index < -0.39 is 0 Å². The van der Waals surface area contributed by atoms with E-state index in [1.54, 1.807) is 12.1 Å². The molecule has 0 bridgehead atoms. The molecule has 98 valence electrons. The number of fused-ring (bicyclic) bond motifs is 1. The number of hydrogen-bond acceptors (Lipinski definition) is 3. The molecule has 1 unspecified atom stereocenters. The highest BCUT2D eigenvalue weighted by atomic mass is 35.5. The maximum Gasteiger partial charge on any atom is 0.153 e. The van der Waals surface area contributed by atoms with Gasteiger partial charge in [0.25, 0.3) is 0 Å². The lowest BCUT2D eigenvalue weighted by molar-refractivity contribution is 0.528. The van der Waals surface area contributed by atoms with Gasteiger partial charge < -0.3 is 10.2 Å². The smallest absolute Gasteiger partial charge is 0.153 e. The Morgan fingerprint density at radius 1 is 1.11 bits per heavy atom. The van der Waals surface area contributed by atoms with Crippen LogP contribution >= 0.6 is 46.1 Å².